The molecule has 140 valence electrons. The third-order valence-corrected chi connectivity index (χ3v) is 3.52. The first-order chi connectivity index (χ1) is 12.0. The largest absolute Gasteiger partial charge is 0.478 e. The maximum atomic E-state index is 11.5. The lowest BCUT2D eigenvalue weighted by Crippen LogP contribution is -2.31. The molecule has 9 heteroatoms. The van der Waals surface area contributed by atoms with Crippen molar-refractivity contribution in [2.75, 3.05) is 0 Å². The van der Waals surface area contributed by atoms with Crippen LogP contribution in [0.25, 0.3) is 0 Å². The summed E-state index contributed by atoms with van der Waals surface area (Å²) in [6.45, 7) is 6.14. The van der Waals surface area contributed by atoms with E-state index in [2.05, 4.69) is 6.58 Å². The van der Waals surface area contributed by atoms with E-state index in [1.165, 1.54) is 13.8 Å². The number of carbonyl (C=O) groups excluding carboxylic acids is 1. The highest BCUT2D eigenvalue weighted by Crippen LogP contribution is 2.22. The van der Waals surface area contributed by atoms with Gasteiger partial charge in [-0.05, 0) is 31.5 Å². The molecular formula is C17H18O9. The highest BCUT2D eigenvalue weighted by atomic mass is 16.6. The summed E-state index contributed by atoms with van der Waals surface area (Å²) in [6.07, 6.45) is -2.90. The molecule has 0 saturated heterocycles. The Balaban J connectivity index is 3.30. The fourth-order valence-corrected chi connectivity index (χ4v) is 2.15. The Hall–Kier alpha value is -3.20. The van der Waals surface area contributed by atoms with E-state index in [0.29, 0.717) is 0 Å². The molecule has 0 fully saturated rings. The van der Waals surface area contributed by atoms with Crippen molar-refractivity contribution >= 4 is 23.9 Å². The van der Waals surface area contributed by atoms with Gasteiger partial charge in [-0.3, -0.25) is 0 Å². The molecule has 0 aliphatic carbocycles. The first kappa shape index (κ1) is 20.8. The van der Waals surface area contributed by atoms with Crippen molar-refractivity contribution in [1.29, 1.82) is 0 Å². The van der Waals surface area contributed by atoms with E-state index in [4.69, 9.17) is 9.84 Å². The van der Waals surface area contributed by atoms with Gasteiger partial charge >= 0.3 is 23.9 Å². The number of aromatic carboxylic acids is 3. The average Bonchev–Trinajstić information content (AvgIpc) is 2.53. The molecule has 1 aromatic carbocycles. The summed E-state index contributed by atoms with van der Waals surface area (Å²) in [5.41, 5.74) is -1.91. The molecule has 0 bridgehead atoms. The molecule has 2 atom stereocenters. The molecule has 26 heavy (non-hydrogen) atoms. The summed E-state index contributed by atoms with van der Waals surface area (Å²) < 4.78 is 4.93. The molecule has 0 heterocycles. The Bertz CT molecular complexity index is 779. The number of carboxylic acid groups (broad SMARTS) is 3. The van der Waals surface area contributed by atoms with Gasteiger partial charge in [0, 0.05) is 12.0 Å². The lowest BCUT2D eigenvalue weighted by molar-refractivity contribution is -0.148. The van der Waals surface area contributed by atoms with E-state index in [0.717, 1.165) is 12.1 Å². The summed E-state index contributed by atoms with van der Waals surface area (Å²) in [5.74, 6) is -5.43. The molecule has 0 aromatic heterocycles. The number of rotatable bonds is 8. The van der Waals surface area contributed by atoms with Crippen molar-refractivity contribution in [3.63, 3.8) is 0 Å². The summed E-state index contributed by atoms with van der Waals surface area (Å²) in [5, 5.41) is 37.7. The average molecular weight is 366 g/mol. The van der Waals surface area contributed by atoms with Crippen molar-refractivity contribution in [2.45, 2.75) is 32.5 Å². The lowest BCUT2D eigenvalue weighted by atomic mass is 9.92. The predicted molar refractivity (Wildman–Crippen MR) is 87.4 cm³/mol. The van der Waals surface area contributed by atoms with Crippen LogP contribution >= 0.6 is 0 Å². The Kier molecular flexibility index (Phi) is 6.62. The minimum atomic E-state index is -1.62. The van der Waals surface area contributed by atoms with Crippen molar-refractivity contribution in [1.82, 2.24) is 0 Å². The molecule has 0 aliphatic heterocycles. The van der Waals surface area contributed by atoms with Crippen LogP contribution in [0.2, 0.25) is 0 Å². The van der Waals surface area contributed by atoms with Gasteiger partial charge in [-0.25, -0.2) is 19.2 Å². The second-order valence-electron chi connectivity index (χ2n) is 5.64. The van der Waals surface area contributed by atoms with Gasteiger partial charge in [-0.1, -0.05) is 6.58 Å². The number of hydrogen-bond donors (Lipinski definition) is 4. The number of ether oxygens (including phenoxy) is 1. The molecule has 0 spiro atoms. The molecule has 2 unspecified atom stereocenters. The number of aliphatic hydroxyl groups is 1. The molecule has 4 N–H and O–H groups in total. The van der Waals surface area contributed by atoms with Crippen molar-refractivity contribution in [3.8, 4) is 0 Å². The van der Waals surface area contributed by atoms with Crippen LogP contribution in [-0.4, -0.2) is 56.5 Å². The Labute approximate surface area is 148 Å². The van der Waals surface area contributed by atoms with Crippen LogP contribution in [0.5, 0.6) is 0 Å². The third kappa shape index (κ3) is 4.90. The van der Waals surface area contributed by atoms with E-state index >= 15 is 0 Å². The predicted octanol–water partition coefficient (Wildman–Crippen LogP) is 1.19. The number of benzene rings is 1. The standard InChI is InChI=1S/C17H18O9/c1-7(2)17(25)26-8(3)12(18)6-9-4-10(14(19)20)5-11(15(21)22)13(9)16(23)24/h4-5,8,12,18H,1,6H2,2-3H3,(H,19,20)(H,21,22)(H,23,24). The van der Waals surface area contributed by atoms with Crippen LogP contribution in [0, 0.1) is 0 Å². The van der Waals surface area contributed by atoms with Gasteiger partial charge in [-0.15, -0.1) is 0 Å². The van der Waals surface area contributed by atoms with Crippen LogP contribution in [0.15, 0.2) is 24.3 Å². The van der Waals surface area contributed by atoms with Crippen molar-refractivity contribution in [2.24, 2.45) is 0 Å². The first-order valence-electron chi connectivity index (χ1n) is 7.37. The number of esters is 1. The van der Waals surface area contributed by atoms with Crippen LogP contribution in [0.1, 0.15) is 50.5 Å². The maximum absolute atomic E-state index is 11.5. The normalized spacial score (nSPS) is 12.7. The van der Waals surface area contributed by atoms with Crippen molar-refractivity contribution in [3.05, 3.63) is 46.5 Å². The minimum absolute atomic E-state index is 0.0938. The lowest BCUT2D eigenvalue weighted by Gasteiger charge is -2.21. The zero-order valence-corrected chi connectivity index (χ0v) is 14.1. The molecule has 1 rings (SSSR count). The third-order valence-electron chi connectivity index (χ3n) is 3.52. The quantitative estimate of drug-likeness (QED) is 0.391. The number of carboxylic acids is 3. The van der Waals surface area contributed by atoms with Crippen LogP contribution in [-0.2, 0) is 16.0 Å². The van der Waals surface area contributed by atoms with E-state index in [-0.39, 0.29) is 11.1 Å². The molecule has 9 nitrogen and oxygen atoms in total. The van der Waals surface area contributed by atoms with Gasteiger partial charge < -0.3 is 25.2 Å². The highest BCUT2D eigenvalue weighted by Gasteiger charge is 2.27. The summed E-state index contributed by atoms with van der Waals surface area (Å²) in [4.78, 5) is 45.4. The van der Waals surface area contributed by atoms with Gasteiger partial charge in [0.05, 0.1) is 22.8 Å². The van der Waals surface area contributed by atoms with Gasteiger partial charge in [0.1, 0.15) is 6.10 Å². The summed E-state index contributed by atoms with van der Waals surface area (Å²) >= 11 is 0. The Morgan fingerprint density at radius 3 is 2.08 bits per heavy atom. The highest BCUT2D eigenvalue weighted by molar-refractivity contribution is 6.05. The smallest absolute Gasteiger partial charge is 0.336 e. The van der Waals surface area contributed by atoms with E-state index in [9.17, 15) is 34.5 Å². The molecular weight excluding hydrogens is 348 g/mol. The monoisotopic (exact) mass is 366 g/mol. The van der Waals surface area contributed by atoms with Crippen LogP contribution < -0.4 is 0 Å². The zero-order chi connectivity index (χ0) is 20.2. The topological polar surface area (TPSA) is 158 Å². The van der Waals surface area contributed by atoms with Gasteiger partial charge in [-0.2, -0.15) is 0 Å². The molecule has 1 aromatic rings. The zero-order valence-electron chi connectivity index (χ0n) is 14.1. The summed E-state index contributed by atoms with van der Waals surface area (Å²) in [6, 6.07) is 1.70. The Morgan fingerprint density at radius 1 is 1.08 bits per heavy atom. The van der Waals surface area contributed by atoms with Gasteiger partial charge in [0.25, 0.3) is 0 Å². The minimum Gasteiger partial charge on any atom is -0.478 e. The second-order valence-corrected chi connectivity index (χ2v) is 5.64. The number of aliphatic hydroxyl groups excluding tert-OH is 1. The van der Waals surface area contributed by atoms with E-state index in [1.807, 2.05) is 0 Å². The van der Waals surface area contributed by atoms with E-state index < -0.39 is 59.2 Å². The van der Waals surface area contributed by atoms with Crippen molar-refractivity contribution < 1.29 is 44.3 Å². The molecule has 0 aliphatic rings. The number of carbonyl (C=O) groups is 4. The molecule has 0 saturated carbocycles. The summed E-state index contributed by atoms with van der Waals surface area (Å²) in [7, 11) is 0. The second kappa shape index (κ2) is 8.26. The first-order valence-corrected chi connectivity index (χ1v) is 7.37. The van der Waals surface area contributed by atoms with Gasteiger partial charge in [0.15, 0.2) is 0 Å². The Morgan fingerprint density at radius 2 is 1.65 bits per heavy atom. The van der Waals surface area contributed by atoms with Crippen LogP contribution in [0.4, 0.5) is 0 Å². The molecule has 0 amide bonds. The van der Waals surface area contributed by atoms with Crippen LogP contribution in [0.3, 0.4) is 0 Å². The SMILES string of the molecule is C=C(C)C(=O)OC(C)C(O)Cc1cc(C(=O)O)cc(C(=O)O)c1C(=O)O. The van der Waals surface area contributed by atoms with Gasteiger partial charge in [0.2, 0.25) is 0 Å². The number of hydrogen-bond acceptors (Lipinski definition) is 6. The maximum Gasteiger partial charge on any atom is 0.336 e. The molecule has 0 radical (unpaired) electrons. The van der Waals surface area contributed by atoms with E-state index in [1.54, 1.807) is 0 Å². The fourth-order valence-electron chi connectivity index (χ4n) is 2.15. The fraction of sp³-hybridized carbons (Fsp3) is 0.294.